The molecule has 0 unspecified atom stereocenters. The van der Waals surface area contributed by atoms with Gasteiger partial charge in [-0.1, -0.05) is 0 Å². The van der Waals surface area contributed by atoms with Gasteiger partial charge in [-0.15, -0.1) is 0 Å². The SMILES string of the molecule is COC(=O)c1ccccc1C(=O)OCCC[Se]C(F)(F)F. The fourth-order valence-corrected chi connectivity index (χ4v) is 2.47. The second-order valence-electron chi connectivity index (χ2n) is 3.82. The van der Waals surface area contributed by atoms with Gasteiger partial charge in [-0.2, -0.15) is 0 Å². The van der Waals surface area contributed by atoms with Crippen molar-refractivity contribution < 1.29 is 32.2 Å². The first-order valence-electron chi connectivity index (χ1n) is 5.90. The average Bonchev–Trinajstić information content (AvgIpc) is 2.44. The molecule has 0 fully saturated rings. The summed E-state index contributed by atoms with van der Waals surface area (Å²) in [5.41, 5.74) is 0.0928. The number of halogens is 3. The van der Waals surface area contributed by atoms with Crippen LogP contribution in [0.3, 0.4) is 0 Å². The Hall–Kier alpha value is -1.53. The Morgan fingerprint density at radius 2 is 1.71 bits per heavy atom. The molecule has 0 aliphatic rings. The molecule has 1 aromatic carbocycles. The van der Waals surface area contributed by atoms with E-state index in [0.717, 1.165) is 0 Å². The predicted molar refractivity (Wildman–Crippen MR) is 69.3 cm³/mol. The molecule has 0 radical (unpaired) electrons. The van der Waals surface area contributed by atoms with E-state index in [-0.39, 0.29) is 29.5 Å². The van der Waals surface area contributed by atoms with Gasteiger partial charge in [0, 0.05) is 0 Å². The normalized spacial score (nSPS) is 11.0. The molecule has 1 aromatic rings. The molecule has 1 rings (SSSR count). The summed E-state index contributed by atoms with van der Waals surface area (Å²) in [7, 11) is 1.18. The standard InChI is InChI=1S/C13H13F3O4Se/c1-19-11(17)9-5-2-3-6-10(9)12(18)20-7-4-8-21-13(14,15)16/h2-3,5-6H,4,7-8H2,1H3. The summed E-state index contributed by atoms with van der Waals surface area (Å²) in [5.74, 6) is -1.43. The maximum absolute atomic E-state index is 12.0. The van der Waals surface area contributed by atoms with Gasteiger partial charge in [0.25, 0.3) is 0 Å². The Morgan fingerprint density at radius 1 is 1.14 bits per heavy atom. The zero-order valence-corrected chi connectivity index (χ0v) is 12.8. The van der Waals surface area contributed by atoms with Crippen LogP contribution in [0.2, 0.25) is 5.32 Å². The van der Waals surface area contributed by atoms with E-state index >= 15 is 0 Å². The van der Waals surface area contributed by atoms with Crippen LogP contribution in [0.25, 0.3) is 0 Å². The van der Waals surface area contributed by atoms with E-state index in [4.69, 9.17) is 4.74 Å². The summed E-state index contributed by atoms with van der Waals surface area (Å²) in [6.07, 6.45) is 0.131. The fraction of sp³-hybridized carbons (Fsp3) is 0.385. The number of carbonyl (C=O) groups excluding carboxylic acids is 2. The van der Waals surface area contributed by atoms with E-state index in [9.17, 15) is 22.8 Å². The Bertz CT molecular complexity index is 502. The molecule has 0 aromatic heterocycles. The molecule has 0 aliphatic carbocycles. The van der Waals surface area contributed by atoms with E-state index in [1.807, 2.05) is 0 Å². The first-order valence-corrected chi connectivity index (χ1v) is 7.97. The van der Waals surface area contributed by atoms with Crippen molar-refractivity contribution in [3.05, 3.63) is 35.4 Å². The summed E-state index contributed by atoms with van der Waals surface area (Å²) in [6, 6.07) is 5.92. The van der Waals surface area contributed by atoms with Crippen LogP contribution in [0.5, 0.6) is 0 Å². The summed E-state index contributed by atoms with van der Waals surface area (Å²) < 4.78 is 45.3. The van der Waals surface area contributed by atoms with Crippen LogP contribution in [-0.4, -0.2) is 45.7 Å². The van der Waals surface area contributed by atoms with Crippen molar-refractivity contribution >= 4 is 26.9 Å². The topological polar surface area (TPSA) is 52.6 Å². The number of hydrogen-bond donors (Lipinski definition) is 0. The quantitative estimate of drug-likeness (QED) is 0.440. The van der Waals surface area contributed by atoms with Crippen LogP contribution in [0.1, 0.15) is 27.1 Å². The number of alkyl halides is 3. The molecule has 0 atom stereocenters. The van der Waals surface area contributed by atoms with Gasteiger partial charge in [-0.05, 0) is 0 Å². The van der Waals surface area contributed by atoms with E-state index in [1.54, 1.807) is 12.1 Å². The second kappa shape index (κ2) is 8.04. The summed E-state index contributed by atoms with van der Waals surface area (Å²) in [4.78, 5) is 23.3. The first-order chi connectivity index (χ1) is 9.85. The number of methoxy groups -OCH3 is 1. The summed E-state index contributed by atoms with van der Waals surface area (Å²) >= 11 is -1.47. The number of rotatable bonds is 6. The van der Waals surface area contributed by atoms with Gasteiger partial charge < -0.3 is 0 Å². The molecular formula is C13H13F3O4Se. The van der Waals surface area contributed by atoms with Gasteiger partial charge in [-0.3, -0.25) is 0 Å². The van der Waals surface area contributed by atoms with Gasteiger partial charge in [0.15, 0.2) is 0 Å². The molecule has 8 heteroatoms. The molecule has 0 bridgehead atoms. The van der Waals surface area contributed by atoms with Crippen molar-refractivity contribution in [2.75, 3.05) is 13.7 Å². The molecular weight excluding hydrogens is 356 g/mol. The number of hydrogen-bond acceptors (Lipinski definition) is 4. The van der Waals surface area contributed by atoms with Crippen molar-refractivity contribution in [3.8, 4) is 0 Å². The molecule has 0 amide bonds. The van der Waals surface area contributed by atoms with E-state index in [1.165, 1.54) is 19.2 Å². The molecule has 0 N–H and O–H groups in total. The average molecular weight is 369 g/mol. The van der Waals surface area contributed by atoms with E-state index in [0.29, 0.717) is 0 Å². The van der Waals surface area contributed by atoms with Crippen LogP contribution < -0.4 is 0 Å². The van der Waals surface area contributed by atoms with Crippen LogP contribution in [0.4, 0.5) is 13.2 Å². The van der Waals surface area contributed by atoms with E-state index < -0.39 is 32.0 Å². The minimum absolute atomic E-state index is 0.0330. The van der Waals surface area contributed by atoms with Gasteiger partial charge >= 0.3 is 125 Å². The van der Waals surface area contributed by atoms with Gasteiger partial charge in [0.05, 0.1) is 0 Å². The molecule has 0 saturated carbocycles. The Morgan fingerprint density at radius 3 is 2.24 bits per heavy atom. The van der Waals surface area contributed by atoms with Crippen LogP contribution in [-0.2, 0) is 9.47 Å². The zero-order chi connectivity index (χ0) is 15.9. The van der Waals surface area contributed by atoms with Gasteiger partial charge in [0.2, 0.25) is 0 Å². The Labute approximate surface area is 125 Å². The number of benzene rings is 1. The Balaban J connectivity index is 2.51. The third kappa shape index (κ3) is 6.18. The van der Waals surface area contributed by atoms with Crippen molar-refractivity contribution in [1.29, 1.82) is 0 Å². The van der Waals surface area contributed by atoms with Crippen LogP contribution in [0, 0.1) is 0 Å². The zero-order valence-electron chi connectivity index (χ0n) is 11.1. The van der Waals surface area contributed by atoms with Gasteiger partial charge in [0.1, 0.15) is 0 Å². The molecule has 116 valence electrons. The molecule has 0 heterocycles. The minimum atomic E-state index is -4.14. The third-order valence-electron chi connectivity index (χ3n) is 2.34. The molecule has 0 saturated heterocycles. The fourth-order valence-electron chi connectivity index (χ4n) is 1.44. The molecule has 21 heavy (non-hydrogen) atoms. The summed E-state index contributed by atoms with van der Waals surface area (Å²) in [6.45, 7) is -0.119. The van der Waals surface area contributed by atoms with Crippen molar-refractivity contribution in [2.45, 2.75) is 16.8 Å². The van der Waals surface area contributed by atoms with Crippen molar-refractivity contribution in [2.24, 2.45) is 0 Å². The number of ether oxygens (including phenoxy) is 2. The first kappa shape index (κ1) is 17.5. The molecule has 0 aliphatic heterocycles. The second-order valence-corrected chi connectivity index (χ2v) is 6.25. The Kier molecular flexibility index (Phi) is 6.71. The van der Waals surface area contributed by atoms with Gasteiger partial charge in [-0.25, -0.2) is 0 Å². The molecule has 4 nitrogen and oxygen atoms in total. The molecule has 0 spiro atoms. The van der Waals surface area contributed by atoms with Crippen molar-refractivity contribution in [3.63, 3.8) is 0 Å². The van der Waals surface area contributed by atoms with Crippen LogP contribution >= 0.6 is 0 Å². The van der Waals surface area contributed by atoms with Crippen molar-refractivity contribution in [1.82, 2.24) is 0 Å². The number of carbonyl (C=O) groups is 2. The van der Waals surface area contributed by atoms with Crippen LogP contribution in [0.15, 0.2) is 24.3 Å². The van der Waals surface area contributed by atoms with E-state index in [2.05, 4.69) is 4.74 Å². The summed E-state index contributed by atoms with van der Waals surface area (Å²) in [5, 5.41) is -4.20. The predicted octanol–water partition coefficient (Wildman–Crippen LogP) is 2.66. The maximum atomic E-state index is 12.0. The monoisotopic (exact) mass is 370 g/mol. The third-order valence-corrected chi connectivity index (χ3v) is 4.06. The number of esters is 2.